The van der Waals surface area contributed by atoms with Crippen LogP contribution in [0.3, 0.4) is 0 Å². The van der Waals surface area contributed by atoms with Gasteiger partial charge in [0, 0.05) is 0 Å². The fraction of sp³-hybridized carbons (Fsp3) is 0.848. The van der Waals surface area contributed by atoms with Gasteiger partial charge in [-0.15, -0.1) is 0 Å². The number of aliphatic hydroxyl groups excluding tert-OH is 7. The van der Waals surface area contributed by atoms with E-state index < -0.39 is 74.2 Å². The molecule has 8 N–H and O–H groups in total. The van der Waals surface area contributed by atoms with Gasteiger partial charge in [-0.1, -0.05) is 147 Å². The molecule has 11 nitrogen and oxygen atoms in total. The van der Waals surface area contributed by atoms with Crippen molar-refractivity contribution in [2.75, 3.05) is 13.2 Å². The standard InChI is InChI=1S/C46H85NO10/c1-3-5-7-9-11-13-14-15-16-17-18-19-20-21-22-23-24-25-26-28-30-32-34-39(50)45(55)47-37(36-56-46-44(54)43(53)42(52)40(35-48)57-46)41(51)38(49)33-31-29-27-12-10-8-6-4-2/h12,18-19,21-22,27,37-44,46,48-54H,3-11,13-17,20,23-26,28-36H2,1-2H3,(H,47,55)/b19-18-,22-21-,27-12+. The molecule has 11 heteroatoms. The summed E-state index contributed by atoms with van der Waals surface area (Å²) in [6, 6.07) is -1.19. The van der Waals surface area contributed by atoms with Gasteiger partial charge in [0.05, 0.1) is 25.4 Å². The van der Waals surface area contributed by atoms with Gasteiger partial charge < -0.3 is 50.5 Å². The minimum absolute atomic E-state index is 0.241. The summed E-state index contributed by atoms with van der Waals surface area (Å²) in [6.07, 6.45) is 29.4. The second-order valence-corrected chi connectivity index (χ2v) is 16.1. The molecule has 0 spiro atoms. The smallest absolute Gasteiger partial charge is 0.249 e. The van der Waals surface area contributed by atoms with E-state index in [4.69, 9.17) is 9.47 Å². The molecule has 1 aliphatic heterocycles. The Morgan fingerprint density at radius 1 is 0.614 bits per heavy atom. The predicted octanol–water partition coefficient (Wildman–Crippen LogP) is 7.22. The van der Waals surface area contributed by atoms with Gasteiger partial charge in [0.1, 0.15) is 36.6 Å². The van der Waals surface area contributed by atoms with Gasteiger partial charge in [0.2, 0.25) is 5.91 Å². The van der Waals surface area contributed by atoms with Crippen LogP contribution in [0.1, 0.15) is 181 Å². The quantitative estimate of drug-likeness (QED) is 0.0235. The van der Waals surface area contributed by atoms with Gasteiger partial charge in [-0.2, -0.15) is 0 Å². The van der Waals surface area contributed by atoms with Gasteiger partial charge in [-0.3, -0.25) is 4.79 Å². The molecule has 1 amide bonds. The highest BCUT2D eigenvalue weighted by Crippen LogP contribution is 2.23. The van der Waals surface area contributed by atoms with E-state index in [1.54, 1.807) is 0 Å². The molecule has 9 unspecified atom stereocenters. The van der Waals surface area contributed by atoms with E-state index in [0.717, 1.165) is 70.6 Å². The third kappa shape index (κ3) is 26.2. The van der Waals surface area contributed by atoms with E-state index in [9.17, 15) is 40.5 Å². The molecule has 1 heterocycles. The van der Waals surface area contributed by atoms with E-state index >= 15 is 0 Å². The zero-order valence-electron chi connectivity index (χ0n) is 35.8. The molecule has 1 fully saturated rings. The Hall–Kier alpha value is -1.67. The number of hydrogen-bond acceptors (Lipinski definition) is 10. The predicted molar refractivity (Wildman–Crippen MR) is 228 cm³/mol. The highest BCUT2D eigenvalue weighted by molar-refractivity contribution is 5.80. The van der Waals surface area contributed by atoms with Gasteiger partial charge in [0.25, 0.3) is 0 Å². The van der Waals surface area contributed by atoms with Gasteiger partial charge in [-0.25, -0.2) is 0 Å². The summed E-state index contributed by atoms with van der Waals surface area (Å²) in [6.45, 7) is 3.34. The molecule has 9 atom stereocenters. The Morgan fingerprint density at radius 2 is 1.09 bits per heavy atom. The lowest BCUT2D eigenvalue weighted by molar-refractivity contribution is -0.303. The van der Waals surface area contributed by atoms with E-state index in [0.29, 0.717) is 12.8 Å². The average molecular weight is 812 g/mol. The van der Waals surface area contributed by atoms with Crippen LogP contribution in [0.4, 0.5) is 0 Å². The first kappa shape index (κ1) is 53.3. The summed E-state index contributed by atoms with van der Waals surface area (Å²) >= 11 is 0. The number of hydrogen-bond donors (Lipinski definition) is 8. The van der Waals surface area contributed by atoms with Crippen LogP contribution in [0.25, 0.3) is 0 Å². The SMILES string of the molecule is CCCCC/C=C/CCCC(O)C(O)C(COC1OC(CO)C(O)C(O)C1O)NC(=O)C(O)CCCCCCCC/C=C\C/C=C\CCCCCCCCCCC. The number of carbonyl (C=O) groups excluding carboxylic acids is 1. The van der Waals surface area contributed by atoms with Crippen LogP contribution in [-0.4, -0.2) is 110 Å². The van der Waals surface area contributed by atoms with Crippen LogP contribution in [0.2, 0.25) is 0 Å². The van der Waals surface area contributed by atoms with Crippen molar-refractivity contribution in [2.24, 2.45) is 0 Å². The molecule has 0 bridgehead atoms. The van der Waals surface area contributed by atoms with Crippen LogP contribution in [0.5, 0.6) is 0 Å². The second kappa shape index (κ2) is 36.2. The molecule has 0 radical (unpaired) electrons. The summed E-state index contributed by atoms with van der Waals surface area (Å²) in [5.41, 5.74) is 0. The monoisotopic (exact) mass is 812 g/mol. The molecular weight excluding hydrogens is 727 g/mol. The van der Waals surface area contributed by atoms with E-state index in [1.165, 1.54) is 70.6 Å². The first-order valence-corrected chi connectivity index (χ1v) is 22.9. The van der Waals surface area contributed by atoms with Crippen molar-refractivity contribution in [1.29, 1.82) is 0 Å². The van der Waals surface area contributed by atoms with E-state index in [1.807, 2.05) is 0 Å². The van der Waals surface area contributed by atoms with Crippen molar-refractivity contribution in [2.45, 2.75) is 236 Å². The third-order valence-electron chi connectivity index (χ3n) is 10.9. The molecule has 0 saturated carbocycles. The summed E-state index contributed by atoms with van der Waals surface area (Å²) in [7, 11) is 0. The highest BCUT2D eigenvalue weighted by Gasteiger charge is 2.44. The third-order valence-corrected chi connectivity index (χ3v) is 10.9. The minimum Gasteiger partial charge on any atom is -0.394 e. The van der Waals surface area contributed by atoms with Crippen molar-refractivity contribution >= 4 is 5.91 Å². The van der Waals surface area contributed by atoms with Gasteiger partial charge >= 0.3 is 0 Å². The number of unbranched alkanes of at least 4 members (excludes halogenated alkanes) is 19. The number of amides is 1. The number of carbonyl (C=O) groups is 1. The maximum absolute atomic E-state index is 13.0. The number of nitrogens with one attached hydrogen (secondary N) is 1. The van der Waals surface area contributed by atoms with Crippen molar-refractivity contribution in [1.82, 2.24) is 5.32 Å². The van der Waals surface area contributed by atoms with Crippen LogP contribution >= 0.6 is 0 Å². The molecule has 1 rings (SSSR count). The average Bonchev–Trinajstić information content (AvgIpc) is 3.21. The van der Waals surface area contributed by atoms with Crippen LogP contribution in [0, 0.1) is 0 Å². The Bertz CT molecular complexity index is 1020. The normalized spacial score (nSPS) is 22.4. The Morgan fingerprint density at radius 3 is 1.65 bits per heavy atom. The number of rotatable bonds is 37. The minimum atomic E-state index is -1.67. The zero-order valence-corrected chi connectivity index (χ0v) is 35.8. The summed E-state index contributed by atoms with van der Waals surface area (Å²) in [4.78, 5) is 13.0. The fourth-order valence-electron chi connectivity index (χ4n) is 7.06. The molecule has 0 aromatic carbocycles. The maximum atomic E-state index is 13.0. The zero-order chi connectivity index (χ0) is 41.9. The molecular formula is C46H85NO10. The van der Waals surface area contributed by atoms with Gasteiger partial charge in [0.15, 0.2) is 6.29 Å². The Balaban J connectivity index is 2.38. The first-order valence-electron chi connectivity index (χ1n) is 22.9. The molecule has 0 aromatic rings. The molecule has 334 valence electrons. The maximum Gasteiger partial charge on any atom is 0.249 e. The fourth-order valence-corrected chi connectivity index (χ4v) is 7.06. The summed E-state index contributed by atoms with van der Waals surface area (Å²) in [5, 5.41) is 75.3. The Kier molecular flexibility index (Phi) is 33.9. The molecule has 1 aliphatic rings. The van der Waals surface area contributed by atoms with Crippen LogP contribution in [-0.2, 0) is 14.3 Å². The molecule has 0 aromatic heterocycles. The highest BCUT2D eigenvalue weighted by atomic mass is 16.7. The second-order valence-electron chi connectivity index (χ2n) is 16.1. The van der Waals surface area contributed by atoms with Gasteiger partial charge in [-0.05, 0) is 70.6 Å². The van der Waals surface area contributed by atoms with Crippen molar-refractivity contribution < 1.29 is 50.0 Å². The van der Waals surface area contributed by atoms with Crippen LogP contribution in [0.15, 0.2) is 36.5 Å². The largest absolute Gasteiger partial charge is 0.394 e. The topological polar surface area (TPSA) is 189 Å². The van der Waals surface area contributed by atoms with E-state index in [2.05, 4.69) is 55.6 Å². The van der Waals surface area contributed by atoms with E-state index in [-0.39, 0.29) is 12.8 Å². The van der Waals surface area contributed by atoms with Crippen molar-refractivity contribution in [3.8, 4) is 0 Å². The Labute approximate surface area is 346 Å². The van der Waals surface area contributed by atoms with Crippen molar-refractivity contribution in [3.63, 3.8) is 0 Å². The summed E-state index contributed by atoms with van der Waals surface area (Å²) in [5.74, 6) is -0.719. The number of ether oxygens (including phenoxy) is 2. The lowest BCUT2D eigenvalue weighted by atomic mass is 9.98. The number of allylic oxidation sites excluding steroid dienone is 6. The molecule has 57 heavy (non-hydrogen) atoms. The van der Waals surface area contributed by atoms with Crippen molar-refractivity contribution in [3.05, 3.63) is 36.5 Å². The molecule has 1 saturated heterocycles. The van der Waals surface area contributed by atoms with Crippen LogP contribution < -0.4 is 5.32 Å². The first-order chi connectivity index (χ1) is 27.7. The number of aliphatic hydroxyl groups is 7. The lowest BCUT2D eigenvalue weighted by Gasteiger charge is -2.40. The lowest BCUT2D eigenvalue weighted by Crippen LogP contribution is -2.60. The summed E-state index contributed by atoms with van der Waals surface area (Å²) < 4.78 is 11.0. The molecule has 0 aliphatic carbocycles.